The minimum Gasteiger partial charge on any atom is -0.325 e. The van der Waals surface area contributed by atoms with Gasteiger partial charge in [0.25, 0.3) is 0 Å². The van der Waals surface area contributed by atoms with Crippen molar-refractivity contribution in [2.24, 2.45) is 0 Å². The second-order valence-corrected chi connectivity index (χ2v) is 6.27. The van der Waals surface area contributed by atoms with Gasteiger partial charge in [-0.1, -0.05) is 54.1 Å². The summed E-state index contributed by atoms with van der Waals surface area (Å²) in [4.78, 5) is 14.2. The molecule has 3 aromatic rings. The number of aryl methyl sites for hydroxylation is 1. The number of nitrogens with zero attached hydrogens (tertiary/aromatic N) is 1. The number of anilines is 1. The number of nitrogens with one attached hydrogen (secondary N) is 1. The molecule has 0 heterocycles. The highest BCUT2D eigenvalue weighted by atomic mass is 16.2. The molecule has 0 aliphatic carbocycles. The van der Waals surface area contributed by atoms with Crippen molar-refractivity contribution in [2.45, 2.75) is 13.5 Å². The number of benzene rings is 3. The fraction of sp³-hybridized carbons (Fsp3) is 0.190. The van der Waals surface area contributed by atoms with Crippen LogP contribution < -0.4 is 5.32 Å². The molecule has 0 spiro atoms. The summed E-state index contributed by atoms with van der Waals surface area (Å²) in [5.74, 6) is 0.00198. The Morgan fingerprint density at radius 3 is 2.42 bits per heavy atom. The number of fused-ring (bicyclic) bond motifs is 1. The van der Waals surface area contributed by atoms with Gasteiger partial charge in [0, 0.05) is 12.2 Å². The Hall–Kier alpha value is -2.65. The van der Waals surface area contributed by atoms with E-state index < -0.39 is 0 Å². The van der Waals surface area contributed by atoms with Crippen LogP contribution in [0.2, 0.25) is 0 Å². The Balaban J connectivity index is 1.58. The van der Waals surface area contributed by atoms with Gasteiger partial charge in [0.2, 0.25) is 5.91 Å². The van der Waals surface area contributed by atoms with Crippen molar-refractivity contribution in [2.75, 3.05) is 18.9 Å². The summed E-state index contributed by atoms with van der Waals surface area (Å²) in [7, 11) is 1.96. The summed E-state index contributed by atoms with van der Waals surface area (Å²) in [5, 5.41) is 5.40. The second-order valence-electron chi connectivity index (χ2n) is 6.27. The Morgan fingerprint density at radius 1 is 0.958 bits per heavy atom. The third kappa shape index (κ3) is 4.21. The van der Waals surface area contributed by atoms with Crippen LogP contribution in [0.3, 0.4) is 0 Å². The van der Waals surface area contributed by atoms with E-state index in [0.717, 1.165) is 12.2 Å². The molecule has 0 aliphatic rings. The first-order chi connectivity index (χ1) is 11.6. The van der Waals surface area contributed by atoms with E-state index in [1.54, 1.807) is 0 Å². The van der Waals surface area contributed by atoms with Gasteiger partial charge in [0.15, 0.2) is 0 Å². The van der Waals surface area contributed by atoms with E-state index in [4.69, 9.17) is 0 Å². The molecular weight excluding hydrogens is 296 g/mol. The van der Waals surface area contributed by atoms with Crippen LogP contribution in [0.5, 0.6) is 0 Å². The van der Waals surface area contributed by atoms with Gasteiger partial charge in [-0.15, -0.1) is 0 Å². The lowest BCUT2D eigenvalue weighted by molar-refractivity contribution is -0.117. The molecule has 3 heteroatoms. The molecule has 3 aromatic carbocycles. The number of carbonyl (C=O) groups is 1. The molecule has 3 nitrogen and oxygen atoms in total. The van der Waals surface area contributed by atoms with Gasteiger partial charge in [0.1, 0.15) is 0 Å². The average molecular weight is 318 g/mol. The monoisotopic (exact) mass is 318 g/mol. The van der Waals surface area contributed by atoms with Crippen LogP contribution in [0.1, 0.15) is 11.1 Å². The maximum absolute atomic E-state index is 12.2. The summed E-state index contributed by atoms with van der Waals surface area (Å²) in [6.07, 6.45) is 0. The predicted octanol–water partition coefficient (Wildman–Crippen LogP) is 4.22. The highest BCUT2D eigenvalue weighted by molar-refractivity contribution is 5.92. The van der Waals surface area contributed by atoms with Gasteiger partial charge in [0.05, 0.1) is 6.54 Å². The SMILES string of the molecule is Cc1ccc(NC(=O)CN(C)Cc2ccc3ccccc3c2)cc1. The van der Waals surface area contributed by atoms with Gasteiger partial charge in [-0.25, -0.2) is 0 Å². The van der Waals surface area contributed by atoms with Gasteiger partial charge < -0.3 is 5.32 Å². The smallest absolute Gasteiger partial charge is 0.238 e. The van der Waals surface area contributed by atoms with Gasteiger partial charge in [-0.3, -0.25) is 9.69 Å². The zero-order valence-electron chi connectivity index (χ0n) is 14.1. The summed E-state index contributed by atoms with van der Waals surface area (Å²) in [6.45, 7) is 3.13. The molecule has 0 unspecified atom stereocenters. The number of hydrogen-bond acceptors (Lipinski definition) is 2. The molecule has 0 bridgehead atoms. The fourth-order valence-corrected chi connectivity index (χ4v) is 2.79. The Kier molecular flexibility index (Phi) is 4.92. The molecular formula is C21H22N2O. The van der Waals surface area contributed by atoms with E-state index >= 15 is 0 Å². The first-order valence-electron chi connectivity index (χ1n) is 8.13. The number of amides is 1. The highest BCUT2D eigenvalue weighted by Gasteiger charge is 2.08. The lowest BCUT2D eigenvalue weighted by Crippen LogP contribution is -2.29. The number of rotatable bonds is 5. The van der Waals surface area contributed by atoms with Crippen molar-refractivity contribution in [3.63, 3.8) is 0 Å². The molecule has 0 saturated heterocycles. The molecule has 0 aliphatic heterocycles. The summed E-state index contributed by atoms with van der Waals surface area (Å²) < 4.78 is 0. The van der Waals surface area contributed by atoms with E-state index in [1.165, 1.54) is 21.9 Å². The predicted molar refractivity (Wildman–Crippen MR) is 100 cm³/mol. The van der Waals surface area contributed by atoms with E-state index in [1.807, 2.05) is 55.3 Å². The highest BCUT2D eigenvalue weighted by Crippen LogP contribution is 2.16. The van der Waals surface area contributed by atoms with Crippen molar-refractivity contribution in [3.05, 3.63) is 77.9 Å². The van der Waals surface area contributed by atoms with E-state index in [0.29, 0.717) is 6.54 Å². The van der Waals surface area contributed by atoms with Crippen LogP contribution >= 0.6 is 0 Å². The quantitative estimate of drug-likeness (QED) is 0.764. The van der Waals surface area contributed by atoms with Crippen LogP contribution in [0.15, 0.2) is 66.7 Å². The van der Waals surface area contributed by atoms with Crippen LogP contribution in [0, 0.1) is 6.92 Å². The molecule has 3 rings (SSSR count). The maximum Gasteiger partial charge on any atom is 0.238 e. The minimum atomic E-state index is 0.00198. The van der Waals surface area contributed by atoms with Crippen LogP contribution in [0.4, 0.5) is 5.69 Å². The zero-order valence-corrected chi connectivity index (χ0v) is 14.1. The molecule has 0 atom stereocenters. The molecule has 122 valence electrons. The number of carbonyl (C=O) groups excluding carboxylic acids is 1. The van der Waals surface area contributed by atoms with E-state index in [-0.39, 0.29) is 5.91 Å². The first kappa shape index (κ1) is 16.2. The standard InChI is InChI=1S/C21H22N2O/c1-16-7-11-20(12-8-16)22-21(24)15-23(2)14-17-9-10-18-5-3-4-6-19(18)13-17/h3-13H,14-15H2,1-2H3,(H,22,24). The molecule has 1 amide bonds. The van der Waals surface area contributed by atoms with Crippen LogP contribution in [-0.2, 0) is 11.3 Å². The van der Waals surface area contributed by atoms with E-state index in [9.17, 15) is 4.79 Å². The Morgan fingerprint density at radius 2 is 1.67 bits per heavy atom. The zero-order chi connectivity index (χ0) is 16.9. The van der Waals surface area contributed by atoms with Gasteiger partial charge in [-0.05, 0) is 48.5 Å². The molecule has 24 heavy (non-hydrogen) atoms. The molecule has 1 N–H and O–H groups in total. The average Bonchev–Trinajstić information content (AvgIpc) is 2.56. The van der Waals surface area contributed by atoms with Crippen molar-refractivity contribution < 1.29 is 4.79 Å². The third-order valence-electron chi connectivity index (χ3n) is 4.02. The largest absolute Gasteiger partial charge is 0.325 e. The lowest BCUT2D eigenvalue weighted by Gasteiger charge is -2.17. The van der Waals surface area contributed by atoms with Crippen molar-refractivity contribution in [1.29, 1.82) is 0 Å². The first-order valence-corrected chi connectivity index (χ1v) is 8.13. The fourth-order valence-electron chi connectivity index (χ4n) is 2.79. The summed E-state index contributed by atoms with van der Waals surface area (Å²) in [5.41, 5.74) is 3.23. The van der Waals surface area contributed by atoms with E-state index in [2.05, 4.69) is 35.6 Å². The summed E-state index contributed by atoms with van der Waals surface area (Å²) in [6, 6.07) is 22.6. The third-order valence-corrected chi connectivity index (χ3v) is 4.02. The Bertz CT molecular complexity index is 840. The topological polar surface area (TPSA) is 32.3 Å². The minimum absolute atomic E-state index is 0.00198. The lowest BCUT2D eigenvalue weighted by atomic mass is 10.1. The van der Waals surface area contributed by atoms with Gasteiger partial charge in [-0.2, -0.15) is 0 Å². The van der Waals surface area contributed by atoms with Crippen molar-refractivity contribution in [3.8, 4) is 0 Å². The maximum atomic E-state index is 12.2. The van der Waals surface area contributed by atoms with Crippen molar-refractivity contribution >= 4 is 22.4 Å². The van der Waals surface area contributed by atoms with Gasteiger partial charge >= 0.3 is 0 Å². The molecule has 0 aromatic heterocycles. The molecule has 0 saturated carbocycles. The molecule has 0 fully saturated rings. The molecule has 0 radical (unpaired) electrons. The number of hydrogen-bond donors (Lipinski definition) is 1. The second kappa shape index (κ2) is 7.28. The van der Waals surface area contributed by atoms with Crippen LogP contribution in [0.25, 0.3) is 10.8 Å². The summed E-state index contributed by atoms with van der Waals surface area (Å²) >= 11 is 0. The van der Waals surface area contributed by atoms with Crippen molar-refractivity contribution in [1.82, 2.24) is 4.90 Å². The normalized spacial score (nSPS) is 11.0. The number of likely N-dealkylation sites (N-methyl/N-ethyl adjacent to an activating group) is 1. The van der Waals surface area contributed by atoms with Crippen LogP contribution in [-0.4, -0.2) is 24.4 Å². The Labute approximate surface area is 142 Å².